The van der Waals surface area contributed by atoms with Gasteiger partial charge in [0.25, 0.3) is 5.91 Å². The maximum atomic E-state index is 12.6. The molecule has 104 valence electrons. The molecule has 1 aromatic carbocycles. The largest absolute Gasteiger partial charge is 0.302 e. The number of aromatic nitrogens is 3. The second-order valence-corrected chi connectivity index (χ2v) is 5.49. The first-order valence-electron chi connectivity index (χ1n) is 6.51. The van der Waals surface area contributed by atoms with E-state index in [1.807, 2.05) is 13.1 Å². The maximum absolute atomic E-state index is 12.6. The molecule has 2 aromatic heterocycles. The van der Waals surface area contributed by atoms with Crippen molar-refractivity contribution in [3.8, 4) is 0 Å². The zero-order valence-electron chi connectivity index (χ0n) is 11.2. The highest BCUT2D eigenvalue weighted by Crippen LogP contribution is 2.33. The van der Waals surface area contributed by atoms with E-state index in [1.54, 1.807) is 40.3 Å². The number of carbonyl (C=O) groups excluding carboxylic acids is 1. The van der Waals surface area contributed by atoms with Crippen LogP contribution in [0.1, 0.15) is 15.9 Å². The van der Waals surface area contributed by atoms with E-state index < -0.39 is 0 Å². The number of amides is 1. The first-order chi connectivity index (χ1) is 10.1. The number of halogens is 1. The molecule has 4 rings (SSSR count). The van der Waals surface area contributed by atoms with Gasteiger partial charge in [0.2, 0.25) is 0 Å². The molecule has 21 heavy (non-hydrogen) atoms. The lowest BCUT2D eigenvalue weighted by molar-refractivity contribution is 0.0997. The minimum Gasteiger partial charge on any atom is -0.302 e. The van der Waals surface area contributed by atoms with E-state index in [4.69, 9.17) is 11.6 Å². The van der Waals surface area contributed by atoms with E-state index in [0.717, 1.165) is 22.2 Å². The van der Waals surface area contributed by atoms with Crippen molar-refractivity contribution in [1.82, 2.24) is 14.8 Å². The number of hydrogen-bond donors (Lipinski definition) is 0. The monoisotopic (exact) mass is 298 g/mol. The van der Waals surface area contributed by atoms with Gasteiger partial charge >= 0.3 is 0 Å². The van der Waals surface area contributed by atoms with Crippen LogP contribution in [0.2, 0.25) is 5.02 Å². The fourth-order valence-electron chi connectivity index (χ4n) is 2.74. The van der Waals surface area contributed by atoms with Crippen molar-refractivity contribution in [2.45, 2.75) is 6.54 Å². The van der Waals surface area contributed by atoms with Crippen LogP contribution >= 0.6 is 11.6 Å². The average Bonchev–Trinajstić information content (AvgIpc) is 3.00. The van der Waals surface area contributed by atoms with Crippen LogP contribution in [0.4, 0.5) is 5.69 Å². The number of pyridine rings is 1. The summed E-state index contributed by atoms with van der Waals surface area (Å²) < 4.78 is 1.75. The van der Waals surface area contributed by atoms with Crippen molar-refractivity contribution in [2.24, 2.45) is 7.05 Å². The smallest absolute Gasteiger partial charge is 0.259 e. The lowest BCUT2D eigenvalue weighted by Crippen LogP contribution is -2.23. The van der Waals surface area contributed by atoms with Crippen LogP contribution in [0, 0.1) is 0 Å². The minimum absolute atomic E-state index is 0.0279. The second-order valence-electron chi connectivity index (χ2n) is 5.05. The molecule has 0 radical (unpaired) electrons. The summed E-state index contributed by atoms with van der Waals surface area (Å²) >= 11 is 6.01. The van der Waals surface area contributed by atoms with Crippen LogP contribution in [0.25, 0.3) is 10.9 Å². The Morgan fingerprint density at radius 3 is 2.95 bits per heavy atom. The van der Waals surface area contributed by atoms with Crippen LogP contribution in [0.5, 0.6) is 0 Å². The van der Waals surface area contributed by atoms with Gasteiger partial charge in [0.15, 0.2) is 0 Å². The van der Waals surface area contributed by atoms with Gasteiger partial charge in [0.1, 0.15) is 0 Å². The SMILES string of the molecule is Cn1ncc2c(N3Cc4cc(Cl)ccc4C3=O)cncc21. The molecule has 1 amide bonds. The van der Waals surface area contributed by atoms with Crippen LogP contribution < -0.4 is 4.90 Å². The third-order valence-electron chi connectivity index (χ3n) is 3.82. The van der Waals surface area contributed by atoms with Crippen molar-refractivity contribution in [3.63, 3.8) is 0 Å². The lowest BCUT2D eigenvalue weighted by Gasteiger charge is -2.16. The number of benzene rings is 1. The molecule has 6 heteroatoms. The number of carbonyl (C=O) groups is 1. The molecule has 0 saturated heterocycles. The van der Waals surface area contributed by atoms with E-state index >= 15 is 0 Å². The van der Waals surface area contributed by atoms with Gasteiger partial charge < -0.3 is 4.90 Å². The quantitative estimate of drug-likeness (QED) is 0.694. The Labute approximate surface area is 125 Å². The Morgan fingerprint density at radius 2 is 2.10 bits per heavy atom. The Hall–Kier alpha value is -2.40. The zero-order chi connectivity index (χ0) is 14.6. The average molecular weight is 299 g/mol. The molecule has 0 atom stereocenters. The molecule has 0 aliphatic carbocycles. The van der Waals surface area contributed by atoms with Gasteiger partial charge in [-0.1, -0.05) is 11.6 Å². The summed E-state index contributed by atoms with van der Waals surface area (Å²) in [5.41, 5.74) is 3.31. The highest BCUT2D eigenvalue weighted by molar-refractivity contribution is 6.31. The van der Waals surface area contributed by atoms with Crippen molar-refractivity contribution in [1.29, 1.82) is 0 Å². The second kappa shape index (κ2) is 4.30. The molecule has 0 unspecified atom stereocenters. The minimum atomic E-state index is -0.0279. The topological polar surface area (TPSA) is 51.0 Å². The van der Waals surface area contributed by atoms with Crippen molar-refractivity contribution < 1.29 is 4.79 Å². The van der Waals surface area contributed by atoms with Crippen LogP contribution in [-0.2, 0) is 13.6 Å². The highest BCUT2D eigenvalue weighted by Gasteiger charge is 2.30. The van der Waals surface area contributed by atoms with E-state index in [1.165, 1.54) is 0 Å². The third-order valence-corrected chi connectivity index (χ3v) is 4.05. The molecule has 3 aromatic rings. The number of nitrogens with zero attached hydrogens (tertiary/aromatic N) is 4. The Morgan fingerprint density at radius 1 is 1.24 bits per heavy atom. The lowest BCUT2D eigenvalue weighted by atomic mass is 10.1. The molecule has 1 aliphatic heterocycles. The van der Waals surface area contributed by atoms with Gasteiger partial charge in [-0.05, 0) is 23.8 Å². The standard InChI is InChI=1S/C15H11ClN4O/c1-19-13-6-17-7-14(12(13)5-18-19)20-8-9-4-10(16)2-3-11(9)15(20)21/h2-7H,8H2,1H3. The zero-order valence-corrected chi connectivity index (χ0v) is 12.0. The third kappa shape index (κ3) is 1.74. The molecule has 0 bridgehead atoms. The fourth-order valence-corrected chi connectivity index (χ4v) is 2.94. The Balaban J connectivity index is 1.86. The summed E-state index contributed by atoms with van der Waals surface area (Å²) in [7, 11) is 1.86. The van der Waals surface area contributed by atoms with E-state index in [2.05, 4.69) is 10.1 Å². The van der Waals surface area contributed by atoms with Gasteiger partial charge in [-0.25, -0.2) is 0 Å². The summed E-state index contributed by atoms with van der Waals surface area (Å²) in [6, 6.07) is 5.35. The van der Waals surface area contributed by atoms with Gasteiger partial charge in [0.05, 0.1) is 36.3 Å². The van der Waals surface area contributed by atoms with Crippen molar-refractivity contribution in [3.05, 3.63) is 52.9 Å². The number of anilines is 1. The van der Waals surface area contributed by atoms with Crippen molar-refractivity contribution in [2.75, 3.05) is 4.90 Å². The molecule has 5 nitrogen and oxygen atoms in total. The predicted molar refractivity (Wildman–Crippen MR) is 80.5 cm³/mol. The van der Waals surface area contributed by atoms with E-state index in [9.17, 15) is 4.79 Å². The Bertz CT molecular complexity index is 887. The first-order valence-corrected chi connectivity index (χ1v) is 6.89. The predicted octanol–water partition coefficient (Wildman–Crippen LogP) is 2.78. The summed E-state index contributed by atoms with van der Waals surface area (Å²) in [4.78, 5) is 18.5. The van der Waals surface area contributed by atoms with Crippen LogP contribution in [0.15, 0.2) is 36.8 Å². The number of rotatable bonds is 1. The molecule has 0 N–H and O–H groups in total. The highest BCUT2D eigenvalue weighted by atomic mass is 35.5. The van der Waals surface area contributed by atoms with Crippen molar-refractivity contribution >= 4 is 34.1 Å². The Kier molecular flexibility index (Phi) is 2.53. The van der Waals surface area contributed by atoms with Gasteiger partial charge in [-0.3, -0.25) is 14.5 Å². The van der Waals surface area contributed by atoms with E-state index in [-0.39, 0.29) is 5.91 Å². The van der Waals surface area contributed by atoms with Gasteiger partial charge in [0, 0.05) is 23.0 Å². The van der Waals surface area contributed by atoms with Crippen LogP contribution in [-0.4, -0.2) is 20.7 Å². The molecule has 0 spiro atoms. The number of fused-ring (bicyclic) bond motifs is 2. The molecular weight excluding hydrogens is 288 g/mol. The van der Waals surface area contributed by atoms with Gasteiger partial charge in [-0.2, -0.15) is 5.10 Å². The molecular formula is C15H11ClN4O. The maximum Gasteiger partial charge on any atom is 0.259 e. The number of hydrogen-bond acceptors (Lipinski definition) is 3. The summed E-state index contributed by atoms with van der Waals surface area (Å²) in [5, 5.41) is 5.79. The normalized spacial score (nSPS) is 14.0. The fraction of sp³-hybridized carbons (Fsp3) is 0.133. The summed E-state index contributed by atoms with van der Waals surface area (Å²) in [5.74, 6) is -0.0279. The molecule has 1 aliphatic rings. The summed E-state index contributed by atoms with van der Waals surface area (Å²) in [6.45, 7) is 0.504. The van der Waals surface area contributed by atoms with Gasteiger partial charge in [-0.15, -0.1) is 0 Å². The molecule has 0 saturated carbocycles. The number of aryl methyl sites for hydroxylation is 1. The van der Waals surface area contributed by atoms with E-state index in [0.29, 0.717) is 17.1 Å². The molecule has 3 heterocycles. The van der Waals surface area contributed by atoms with Crippen LogP contribution in [0.3, 0.4) is 0 Å². The summed E-state index contributed by atoms with van der Waals surface area (Å²) in [6.07, 6.45) is 5.21. The first kappa shape index (κ1) is 12.3. The molecule has 0 fully saturated rings.